The number of carbonyl (C=O) groups is 1. The van der Waals surface area contributed by atoms with E-state index in [4.69, 9.17) is 38.2 Å². The molecule has 0 aliphatic carbocycles. The molecule has 0 fully saturated rings. The van der Waals surface area contributed by atoms with Gasteiger partial charge >= 0.3 is 18.1 Å². The van der Waals surface area contributed by atoms with Gasteiger partial charge in [-0.15, -0.1) is 0 Å². The van der Waals surface area contributed by atoms with Gasteiger partial charge < -0.3 is 11.5 Å². The van der Waals surface area contributed by atoms with Crippen molar-refractivity contribution in [1.29, 1.82) is 0 Å². The Bertz CT molecular complexity index is 188. The minimum absolute atomic E-state index is 0.833. The molecule has 0 bridgehead atoms. The summed E-state index contributed by atoms with van der Waals surface area (Å²) in [4.78, 5) is 23.4. The van der Waals surface area contributed by atoms with Gasteiger partial charge in [-0.05, 0) is 0 Å². The van der Waals surface area contributed by atoms with E-state index in [1.807, 2.05) is 0 Å². The molecule has 0 saturated heterocycles. The lowest BCUT2D eigenvalue weighted by molar-refractivity contribution is -0.569. The second-order valence-corrected chi connectivity index (χ2v) is 2.19. The van der Waals surface area contributed by atoms with E-state index < -0.39 is 18.1 Å². The lowest BCUT2D eigenvalue weighted by Gasteiger charge is -2.24. The highest BCUT2D eigenvalue weighted by atomic mass is 17.3. The van der Waals surface area contributed by atoms with Crippen LogP contribution in [0.5, 0.6) is 0 Å². The zero-order chi connectivity index (χ0) is 13.4. The third-order valence-corrected chi connectivity index (χ3v) is 0.588. The van der Waals surface area contributed by atoms with Crippen molar-refractivity contribution in [2.45, 2.75) is 12.1 Å². The van der Waals surface area contributed by atoms with Crippen molar-refractivity contribution < 1.29 is 34.9 Å². The van der Waals surface area contributed by atoms with Gasteiger partial charge in [-0.25, -0.2) is 15.3 Å². The van der Waals surface area contributed by atoms with Crippen molar-refractivity contribution in [3.63, 3.8) is 0 Å². The molecule has 0 spiro atoms. The summed E-state index contributed by atoms with van der Waals surface area (Å²) >= 11 is 0. The number of rotatable bonds is 5. The van der Waals surface area contributed by atoms with E-state index in [9.17, 15) is 0 Å². The van der Waals surface area contributed by atoms with E-state index in [1.165, 1.54) is 0 Å². The summed E-state index contributed by atoms with van der Waals surface area (Å²) in [6.07, 6.45) is 0. The second-order valence-electron chi connectivity index (χ2n) is 2.19. The quantitative estimate of drug-likeness (QED) is 0.132. The fraction of sp³-hybridized carbons (Fsp3) is 0.667. The molecular formula is C3H14N6O7. The van der Waals surface area contributed by atoms with Crippen LogP contribution in [0, 0.1) is 0 Å². The third-order valence-electron chi connectivity index (χ3n) is 0.588. The molecule has 0 saturated carbocycles. The van der Waals surface area contributed by atoms with E-state index in [-0.39, 0.29) is 0 Å². The summed E-state index contributed by atoms with van der Waals surface area (Å²) in [5, 5.41) is 15.8. The molecule has 0 atom stereocenters. The van der Waals surface area contributed by atoms with Crippen molar-refractivity contribution in [1.82, 2.24) is 0 Å². The van der Waals surface area contributed by atoms with E-state index in [0.29, 0.717) is 0 Å². The van der Waals surface area contributed by atoms with Crippen molar-refractivity contribution >= 4 is 6.03 Å². The van der Waals surface area contributed by atoms with E-state index in [0.717, 1.165) is 0 Å². The molecule has 0 unspecified atom stereocenters. The van der Waals surface area contributed by atoms with Crippen LogP contribution in [0.2, 0.25) is 0 Å². The smallest absolute Gasteiger partial charge is 0.343 e. The van der Waals surface area contributed by atoms with Crippen LogP contribution in [-0.4, -0.2) is 28.6 Å². The predicted molar refractivity (Wildman–Crippen MR) is 45.6 cm³/mol. The number of urea groups is 1. The van der Waals surface area contributed by atoms with Crippen molar-refractivity contribution in [3.8, 4) is 0 Å². The zero-order valence-electron chi connectivity index (χ0n) is 7.90. The maximum atomic E-state index is 9.00. The Labute approximate surface area is 88.5 Å². The number of nitrogens with two attached hydrogens (primary N) is 6. The van der Waals surface area contributed by atoms with Crippen molar-refractivity contribution in [2.24, 2.45) is 34.4 Å². The average molecular weight is 246 g/mol. The molecule has 0 aliphatic rings. The largest absolute Gasteiger partial charge is 0.352 e. The molecule has 0 heterocycles. The van der Waals surface area contributed by atoms with E-state index in [1.54, 1.807) is 0 Å². The van der Waals surface area contributed by atoms with Crippen molar-refractivity contribution in [3.05, 3.63) is 0 Å². The normalized spacial score (nSPS) is 11.6. The molecule has 13 heteroatoms. The van der Waals surface area contributed by atoms with Gasteiger partial charge in [0, 0.05) is 0 Å². The first-order valence-electron chi connectivity index (χ1n) is 3.28. The molecule has 2 amide bonds. The van der Waals surface area contributed by atoms with Crippen LogP contribution in [0.4, 0.5) is 4.79 Å². The Kier molecular flexibility index (Phi) is 7.77. The Morgan fingerprint density at radius 1 is 0.875 bits per heavy atom. The molecular weight excluding hydrogens is 232 g/mol. The highest BCUT2D eigenvalue weighted by molar-refractivity contribution is 5.69. The monoisotopic (exact) mass is 246 g/mol. The Hall–Kier alpha value is -1.13. The Morgan fingerprint density at radius 3 is 1.19 bits per heavy atom. The first-order chi connectivity index (χ1) is 7.06. The zero-order valence-corrected chi connectivity index (χ0v) is 7.90. The first kappa shape index (κ1) is 17.3. The molecule has 0 aromatic carbocycles. The molecule has 13 nitrogen and oxygen atoms in total. The van der Waals surface area contributed by atoms with E-state index >= 15 is 0 Å². The maximum absolute atomic E-state index is 9.00. The number of hydrogen-bond donors (Lipinski definition) is 8. The van der Waals surface area contributed by atoms with Gasteiger partial charge in [0.2, 0.25) is 0 Å². The van der Waals surface area contributed by atoms with Gasteiger partial charge in [0.05, 0.1) is 0 Å². The standard InChI is InChI=1S/C2H10N4O6.CH4N2O/c3-1(4,9-7)11-12-2(5,6)10-8;2-1(3)4/h7-8H,3-6H2;(H4,2,3,4). The summed E-state index contributed by atoms with van der Waals surface area (Å²) < 4.78 is 0. The number of primary amides is 2. The maximum Gasteiger partial charge on any atom is 0.343 e. The van der Waals surface area contributed by atoms with Crippen LogP contribution in [0.25, 0.3) is 0 Å². The molecule has 14 N–H and O–H groups in total. The summed E-state index contributed by atoms with van der Waals surface area (Å²) in [5.41, 5.74) is 27.7. The van der Waals surface area contributed by atoms with Gasteiger partial charge in [-0.3, -0.25) is 22.9 Å². The highest BCUT2D eigenvalue weighted by Gasteiger charge is 2.30. The Morgan fingerprint density at radius 2 is 1.06 bits per heavy atom. The average Bonchev–Trinajstić information content (AvgIpc) is 2.15. The molecule has 98 valence electrons. The van der Waals surface area contributed by atoms with Crippen LogP contribution >= 0.6 is 0 Å². The van der Waals surface area contributed by atoms with Gasteiger partial charge in [0.25, 0.3) is 0 Å². The summed E-state index contributed by atoms with van der Waals surface area (Å²) in [7, 11) is 0. The second kappa shape index (κ2) is 7.19. The van der Waals surface area contributed by atoms with E-state index in [2.05, 4.69) is 31.0 Å². The molecule has 0 radical (unpaired) electrons. The molecule has 0 aromatic rings. The van der Waals surface area contributed by atoms with Crippen LogP contribution in [0.1, 0.15) is 0 Å². The third kappa shape index (κ3) is 12.9. The fourth-order valence-electron chi connectivity index (χ4n) is 0.161. The first-order valence-corrected chi connectivity index (χ1v) is 3.28. The van der Waals surface area contributed by atoms with Gasteiger partial charge in [-0.1, -0.05) is 0 Å². The summed E-state index contributed by atoms with van der Waals surface area (Å²) in [5.74, 6) is 0. The van der Waals surface area contributed by atoms with Crippen LogP contribution in [0.15, 0.2) is 0 Å². The van der Waals surface area contributed by atoms with Crippen LogP contribution < -0.4 is 34.4 Å². The minimum atomic E-state index is -2.47. The fourth-order valence-corrected chi connectivity index (χ4v) is 0.161. The predicted octanol–water partition coefficient (Wildman–Crippen LogP) is -4.00. The van der Waals surface area contributed by atoms with Gasteiger partial charge in [0.15, 0.2) is 0 Å². The number of carbonyl (C=O) groups excluding carboxylic acids is 1. The number of hydrogen-bond acceptors (Lipinski definition) is 11. The van der Waals surface area contributed by atoms with Crippen LogP contribution in [0.3, 0.4) is 0 Å². The summed E-state index contributed by atoms with van der Waals surface area (Å²) in [6.45, 7) is 0. The van der Waals surface area contributed by atoms with Crippen molar-refractivity contribution in [2.75, 3.05) is 0 Å². The minimum Gasteiger partial charge on any atom is -0.352 e. The highest BCUT2D eigenvalue weighted by Crippen LogP contribution is 2.01. The number of amides is 2. The SMILES string of the molecule is NC(N)(OO)OOC(N)(N)OO.NC(N)=O. The molecule has 0 aliphatic heterocycles. The molecule has 0 rings (SSSR count). The molecule has 16 heavy (non-hydrogen) atoms. The Balaban J connectivity index is 0. The summed E-state index contributed by atoms with van der Waals surface area (Å²) in [6, 6.07) is -5.77. The topological polar surface area (TPSA) is 251 Å². The van der Waals surface area contributed by atoms with Gasteiger partial charge in [0.1, 0.15) is 0 Å². The molecule has 0 aromatic heterocycles. The lowest BCUT2D eigenvalue weighted by atomic mass is 10.9. The lowest BCUT2D eigenvalue weighted by Crippen LogP contribution is -2.60. The van der Waals surface area contributed by atoms with Crippen LogP contribution in [-0.2, 0) is 19.6 Å². The van der Waals surface area contributed by atoms with Gasteiger partial charge in [-0.2, -0.15) is 19.6 Å².